The second-order valence-electron chi connectivity index (χ2n) is 10.2. The first-order valence-corrected chi connectivity index (χ1v) is 10.1. The molecule has 0 amide bonds. The number of hydrogen-bond donors (Lipinski definition) is 0. The van der Waals surface area contributed by atoms with E-state index in [1.807, 2.05) is 39.8 Å². The molecule has 1 unspecified atom stereocenters. The summed E-state index contributed by atoms with van der Waals surface area (Å²) in [7, 11) is 1.58. The molecule has 1 aromatic carbocycles. The van der Waals surface area contributed by atoms with E-state index < -0.39 is 16.9 Å². The van der Waals surface area contributed by atoms with Crippen LogP contribution in [0.1, 0.15) is 64.9 Å². The van der Waals surface area contributed by atoms with Gasteiger partial charge in [-0.25, -0.2) is 0 Å². The topological polar surface area (TPSA) is 69.7 Å². The highest BCUT2D eigenvalue weighted by Crippen LogP contribution is 2.57. The van der Waals surface area contributed by atoms with Gasteiger partial charge in [0.05, 0.1) is 13.0 Å². The molecule has 1 heterocycles. The van der Waals surface area contributed by atoms with Crippen LogP contribution in [-0.4, -0.2) is 30.1 Å². The molecule has 1 aromatic rings. The Bertz CT molecular complexity index is 913. The minimum atomic E-state index is -1.62. The Balaban J connectivity index is 1.89. The number of benzene rings is 1. The summed E-state index contributed by atoms with van der Waals surface area (Å²) in [6, 6.07) is 7.25. The molecule has 5 heteroatoms. The molecule has 5 nitrogen and oxygen atoms in total. The highest BCUT2D eigenvalue weighted by molar-refractivity contribution is 6.17. The first-order valence-electron chi connectivity index (χ1n) is 10.1. The van der Waals surface area contributed by atoms with Crippen LogP contribution in [0.25, 0.3) is 0 Å². The van der Waals surface area contributed by atoms with Crippen molar-refractivity contribution in [1.29, 1.82) is 0 Å². The molecular formula is C24H28O5. The quantitative estimate of drug-likeness (QED) is 0.703. The van der Waals surface area contributed by atoms with Gasteiger partial charge in [0, 0.05) is 31.3 Å². The van der Waals surface area contributed by atoms with Crippen molar-refractivity contribution in [3.05, 3.63) is 41.2 Å². The van der Waals surface area contributed by atoms with Crippen LogP contribution in [0.3, 0.4) is 0 Å². The summed E-state index contributed by atoms with van der Waals surface area (Å²) < 4.78 is 11.5. The molecule has 0 aromatic heterocycles. The minimum Gasteiger partial charge on any atom is -0.497 e. The highest BCUT2D eigenvalue weighted by atomic mass is 16.5. The Morgan fingerprint density at radius 1 is 0.862 bits per heavy atom. The van der Waals surface area contributed by atoms with Gasteiger partial charge >= 0.3 is 0 Å². The lowest BCUT2D eigenvalue weighted by atomic mass is 9.61. The van der Waals surface area contributed by atoms with Crippen LogP contribution in [0.4, 0.5) is 0 Å². The van der Waals surface area contributed by atoms with Gasteiger partial charge in [-0.05, 0) is 28.5 Å². The Morgan fingerprint density at radius 3 is 1.97 bits per heavy atom. The number of carbonyl (C=O) groups excluding carboxylic acids is 3. The molecule has 0 bridgehead atoms. The third-order valence-corrected chi connectivity index (χ3v) is 6.41. The van der Waals surface area contributed by atoms with Gasteiger partial charge in [0.1, 0.15) is 11.5 Å². The zero-order valence-corrected chi connectivity index (χ0v) is 17.8. The molecule has 2 aliphatic carbocycles. The van der Waals surface area contributed by atoms with Crippen molar-refractivity contribution in [2.24, 2.45) is 10.8 Å². The number of Topliss-reactive ketones (excluding diaryl/α,β-unsaturated/α-hetero) is 3. The smallest absolute Gasteiger partial charge is 0.234 e. The largest absolute Gasteiger partial charge is 0.497 e. The average Bonchev–Trinajstić information content (AvgIpc) is 2.95. The Hall–Kier alpha value is -2.43. The molecule has 1 spiro atoms. The van der Waals surface area contributed by atoms with Crippen molar-refractivity contribution in [3.8, 4) is 5.75 Å². The Labute approximate surface area is 171 Å². The van der Waals surface area contributed by atoms with Crippen LogP contribution < -0.4 is 4.74 Å². The summed E-state index contributed by atoms with van der Waals surface area (Å²) in [6.45, 7) is 7.88. The molecule has 0 saturated heterocycles. The van der Waals surface area contributed by atoms with Crippen molar-refractivity contribution >= 4 is 17.3 Å². The lowest BCUT2D eigenvalue weighted by molar-refractivity contribution is -0.160. The summed E-state index contributed by atoms with van der Waals surface area (Å²) in [5.74, 6) is 0.0320. The van der Waals surface area contributed by atoms with Crippen LogP contribution in [0.2, 0.25) is 0 Å². The number of ether oxygens (including phenoxy) is 2. The van der Waals surface area contributed by atoms with Gasteiger partial charge in [-0.1, -0.05) is 39.8 Å². The van der Waals surface area contributed by atoms with Crippen molar-refractivity contribution in [2.45, 2.75) is 64.9 Å². The van der Waals surface area contributed by atoms with Crippen LogP contribution in [0.5, 0.6) is 5.75 Å². The van der Waals surface area contributed by atoms with Gasteiger partial charge in [0.2, 0.25) is 5.60 Å². The maximum Gasteiger partial charge on any atom is 0.234 e. The molecule has 1 aliphatic heterocycles. The van der Waals surface area contributed by atoms with E-state index in [-0.39, 0.29) is 35.6 Å². The molecular weight excluding hydrogens is 368 g/mol. The number of ketones is 3. The van der Waals surface area contributed by atoms with Crippen LogP contribution in [-0.2, 0) is 19.1 Å². The van der Waals surface area contributed by atoms with Crippen molar-refractivity contribution < 1.29 is 23.9 Å². The second kappa shape index (κ2) is 6.28. The predicted octanol–water partition coefficient (Wildman–Crippen LogP) is 4.15. The summed E-state index contributed by atoms with van der Waals surface area (Å²) in [4.78, 5) is 40.1. The lowest BCUT2D eigenvalue weighted by Crippen LogP contribution is -2.57. The molecule has 29 heavy (non-hydrogen) atoms. The van der Waals surface area contributed by atoms with Crippen LogP contribution in [0, 0.1) is 10.8 Å². The van der Waals surface area contributed by atoms with Gasteiger partial charge in [-0.2, -0.15) is 0 Å². The lowest BCUT2D eigenvalue weighted by Gasteiger charge is -2.41. The van der Waals surface area contributed by atoms with E-state index in [4.69, 9.17) is 9.47 Å². The van der Waals surface area contributed by atoms with E-state index in [1.54, 1.807) is 19.2 Å². The Kier molecular flexibility index (Phi) is 4.30. The van der Waals surface area contributed by atoms with E-state index in [0.29, 0.717) is 29.9 Å². The van der Waals surface area contributed by atoms with Gasteiger partial charge in [-0.15, -0.1) is 0 Å². The summed E-state index contributed by atoms with van der Waals surface area (Å²) in [5, 5.41) is 0. The summed E-state index contributed by atoms with van der Waals surface area (Å²) in [5.41, 5.74) is -1.03. The maximum atomic E-state index is 13.5. The van der Waals surface area contributed by atoms with Crippen molar-refractivity contribution in [1.82, 2.24) is 0 Å². The first kappa shape index (κ1) is 19.9. The van der Waals surface area contributed by atoms with Crippen molar-refractivity contribution in [2.75, 3.05) is 7.11 Å². The number of allylic oxidation sites excluding steroid dienone is 1. The molecule has 3 aliphatic rings. The fourth-order valence-corrected chi connectivity index (χ4v) is 5.13. The number of methoxy groups -OCH3 is 1. The van der Waals surface area contributed by atoms with E-state index in [9.17, 15) is 14.4 Å². The number of hydrogen-bond acceptors (Lipinski definition) is 5. The SMILES string of the molecule is COc1ccc(C2C3=C(CC(C)(C)CC3=O)OC23C(=O)CC(C)(C)CC3=O)cc1. The number of rotatable bonds is 2. The highest BCUT2D eigenvalue weighted by Gasteiger charge is 2.65. The fraction of sp³-hybridized carbons (Fsp3) is 0.542. The van der Waals surface area contributed by atoms with E-state index in [0.717, 1.165) is 5.56 Å². The third kappa shape index (κ3) is 3.02. The number of carbonyl (C=O) groups is 3. The monoisotopic (exact) mass is 396 g/mol. The van der Waals surface area contributed by atoms with Gasteiger partial charge in [-0.3, -0.25) is 14.4 Å². The van der Waals surface area contributed by atoms with Crippen LogP contribution in [0.15, 0.2) is 35.6 Å². The fourth-order valence-electron chi connectivity index (χ4n) is 5.13. The first-order chi connectivity index (χ1) is 13.5. The Morgan fingerprint density at radius 2 is 1.41 bits per heavy atom. The molecule has 1 fully saturated rings. The standard InChI is InChI=1S/C24H28O5/c1-22(2)10-16(25)20-17(11-22)29-24(18(26)12-23(3,4)13-19(24)27)21(20)14-6-8-15(28-5)9-7-14/h6-9,21H,10-13H2,1-5H3. The maximum absolute atomic E-state index is 13.5. The van der Waals surface area contributed by atoms with E-state index in [2.05, 4.69) is 0 Å². The van der Waals surface area contributed by atoms with Gasteiger partial charge < -0.3 is 9.47 Å². The van der Waals surface area contributed by atoms with Gasteiger partial charge in [0.15, 0.2) is 17.3 Å². The molecule has 154 valence electrons. The normalized spacial score (nSPS) is 27.1. The molecule has 1 atom stereocenters. The summed E-state index contributed by atoms with van der Waals surface area (Å²) >= 11 is 0. The van der Waals surface area contributed by atoms with E-state index in [1.165, 1.54) is 0 Å². The predicted molar refractivity (Wildman–Crippen MR) is 108 cm³/mol. The third-order valence-electron chi connectivity index (χ3n) is 6.41. The minimum absolute atomic E-state index is 0.0284. The zero-order chi connectivity index (χ0) is 21.2. The van der Waals surface area contributed by atoms with E-state index >= 15 is 0 Å². The summed E-state index contributed by atoms with van der Waals surface area (Å²) in [6.07, 6.45) is 1.44. The average molecular weight is 396 g/mol. The zero-order valence-electron chi connectivity index (χ0n) is 17.8. The van der Waals surface area contributed by atoms with Gasteiger partial charge in [0.25, 0.3) is 0 Å². The molecule has 0 N–H and O–H groups in total. The van der Waals surface area contributed by atoms with Crippen molar-refractivity contribution in [3.63, 3.8) is 0 Å². The second-order valence-corrected chi connectivity index (χ2v) is 10.2. The van der Waals surface area contributed by atoms with Crippen LogP contribution >= 0.6 is 0 Å². The molecule has 4 rings (SSSR count). The molecule has 1 saturated carbocycles. The molecule has 0 radical (unpaired) electrons.